The topological polar surface area (TPSA) is 20.3 Å². The van der Waals surface area contributed by atoms with Crippen molar-refractivity contribution in [3.63, 3.8) is 0 Å². The van der Waals surface area contributed by atoms with Gasteiger partial charge in [-0.1, -0.05) is 6.07 Å². The van der Waals surface area contributed by atoms with Gasteiger partial charge >= 0.3 is 0 Å². The fourth-order valence-corrected chi connectivity index (χ4v) is 3.70. The number of nitrogens with zero attached hydrogens (tertiary/aromatic N) is 1. The number of benzene rings is 2. The molecule has 2 nitrogen and oxygen atoms in total. The van der Waals surface area contributed by atoms with Crippen LogP contribution in [0.25, 0.3) is 11.1 Å². The van der Waals surface area contributed by atoms with Gasteiger partial charge in [-0.25, -0.2) is 13.2 Å². The van der Waals surface area contributed by atoms with Gasteiger partial charge in [0.25, 0.3) is 6.43 Å². The van der Waals surface area contributed by atoms with Crippen molar-refractivity contribution < 1.29 is 18.0 Å². The molecule has 1 amide bonds. The summed E-state index contributed by atoms with van der Waals surface area (Å²) in [4.78, 5) is 13.9. The largest absolute Gasteiger partial charge is 0.312 e. The highest BCUT2D eigenvalue weighted by Crippen LogP contribution is 2.39. The summed E-state index contributed by atoms with van der Waals surface area (Å²) in [6.45, 7) is 0.746. The molecule has 2 aromatic rings. The van der Waals surface area contributed by atoms with Crippen molar-refractivity contribution in [2.45, 2.75) is 32.1 Å². The molecule has 0 bridgehead atoms. The SMILES string of the molecule is O=C1CCc2cc(-c3ccc(C(F)F)c(F)c3)cc3c2N1CCC3. The minimum absolute atomic E-state index is 0.156. The van der Waals surface area contributed by atoms with Crippen LogP contribution in [0.3, 0.4) is 0 Å². The molecule has 2 aliphatic rings. The number of halogens is 3. The number of carbonyl (C=O) groups is 1. The molecular weight excluding hydrogens is 315 g/mol. The Hall–Kier alpha value is -2.30. The maximum Gasteiger partial charge on any atom is 0.266 e. The summed E-state index contributed by atoms with van der Waals surface area (Å²) < 4.78 is 39.3. The van der Waals surface area contributed by atoms with Crippen LogP contribution in [0.4, 0.5) is 18.9 Å². The van der Waals surface area contributed by atoms with Crippen LogP contribution in [0.2, 0.25) is 0 Å². The van der Waals surface area contributed by atoms with Gasteiger partial charge in [-0.2, -0.15) is 0 Å². The Labute approximate surface area is 137 Å². The molecule has 0 aliphatic carbocycles. The summed E-state index contributed by atoms with van der Waals surface area (Å²) >= 11 is 0. The molecule has 0 unspecified atom stereocenters. The van der Waals surface area contributed by atoms with Gasteiger partial charge in [0.2, 0.25) is 5.91 Å². The Balaban J connectivity index is 1.81. The molecule has 0 atom stereocenters. The third-order valence-electron chi connectivity index (χ3n) is 4.84. The molecule has 0 aromatic heterocycles. The number of hydrogen-bond donors (Lipinski definition) is 0. The van der Waals surface area contributed by atoms with Gasteiger partial charge < -0.3 is 4.90 Å². The number of carbonyl (C=O) groups excluding carboxylic acids is 1. The normalized spacial score (nSPS) is 16.5. The molecule has 2 aromatic carbocycles. The molecule has 2 heterocycles. The monoisotopic (exact) mass is 331 g/mol. The van der Waals surface area contributed by atoms with Crippen LogP contribution in [-0.4, -0.2) is 12.5 Å². The van der Waals surface area contributed by atoms with Crippen molar-refractivity contribution in [1.29, 1.82) is 0 Å². The first-order chi connectivity index (χ1) is 11.5. The van der Waals surface area contributed by atoms with Gasteiger partial charge in [0, 0.05) is 13.0 Å². The second-order valence-electron chi connectivity index (χ2n) is 6.33. The molecule has 124 valence electrons. The van der Waals surface area contributed by atoms with Crippen LogP contribution in [0.15, 0.2) is 30.3 Å². The molecule has 0 saturated carbocycles. The third-order valence-corrected chi connectivity index (χ3v) is 4.84. The van der Waals surface area contributed by atoms with Gasteiger partial charge in [-0.05, 0) is 65.8 Å². The molecule has 4 rings (SSSR count). The number of rotatable bonds is 2. The number of aryl methyl sites for hydroxylation is 2. The second-order valence-corrected chi connectivity index (χ2v) is 6.33. The summed E-state index contributed by atoms with van der Waals surface area (Å²) in [7, 11) is 0. The minimum Gasteiger partial charge on any atom is -0.312 e. The van der Waals surface area contributed by atoms with Crippen molar-refractivity contribution in [3.05, 3.63) is 52.8 Å². The zero-order chi connectivity index (χ0) is 16.8. The first-order valence-electron chi connectivity index (χ1n) is 8.09. The van der Waals surface area contributed by atoms with Crippen LogP contribution in [0, 0.1) is 5.82 Å². The standard InChI is InChI=1S/C19H16F3NO/c20-16-10-11(3-5-15(16)19(21)22)14-8-12-2-1-7-23-17(24)6-4-13(9-14)18(12)23/h3,5,8-10,19H,1-2,4,6-7H2. The number of alkyl halides is 2. The van der Waals surface area contributed by atoms with E-state index in [4.69, 9.17) is 0 Å². The van der Waals surface area contributed by atoms with Gasteiger partial charge in [0.1, 0.15) is 5.82 Å². The van der Waals surface area contributed by atoms with Gasteiger partial charge in [-0.15, -0.1) is 0 Å². The Morgan fingerprint density at radius 3 is 2.42 bits per heavy atom. The molecule has 24 heavy (non-hydrogen) atoms. The number of anilines is 1. The predicted octanol–water partition coefficient (Wildman–Crippen LogP) is 4.66. The highest BCUT2D eigenvalue weighted by molar-refractivity contribution is 5.98. The average Bonchev–Trinajstić information content (AvgIpc) is 2.57. The minimum atomic E-state index is -2.82. The Morgan fingerprint density at radius 1 is 0.958 bits per heavy atom. The summed E-state index contributed by atoms with van der Waals surface area (Å²) in [6, 6.07) is 7.77. The summed E-state index contributed by atoms with van der Waals surface area (Å²) in [5, 5.41) is 0. The summed E-state index contributed by atoms with van der Waals surface area (Å²) in [5.41, 5.74) is 4.01. The van der Waals surface area contributed by atoms with Crippen LogP contribution < -0.4 is 4.90 Å². The number of hydrogen-bond acceptors (Lipinski definition) is 1. The molecule has 5 heteroatoms. The Morgan fingerprint density at radius 2 is 1.71 bits per heavy atom. The van der Waals surface area contributed by atoms with Crippen molar-refractivity contribution in [1.82, 2.24) is 0 Å². The summed E-state index contributed by atoms with van der Waals surface area (Å²) in [6.07, 6.45) is 0.110. The van der Waals surface area contributed by atoms with E-state index in [1.807, 2.05) is 17.0 Å². The van der Waals surface area contributed by atoms with E-state index in [1.54, 1.807) is 0 Å². The van der Waals surface area contributed by atoms with Crippen LogP contribution >= 0.6 is 0 Å². The molecule has 0 fully saturated rings. The highest BCUT2D eigenvalue weighted by atomic mass is 19.3. The molecule has 0 radical (unpaired) electrons. The molecular formula is C19H16F3NO. The van der Waals surface area contributed by atoms with E-state index in [0.717, 1.165) is 47.8 Å². The lowest BCUT2D eigenvalue weighted by atomic mass is 9.88. The quantitative estimate of drug-likeness (QED) is 0.784. The molecule has 2 aliphatic heterocycles. The van der Waals surface area contributed by atoms with Gasteiger partial charge in [0.05, 0.1) is 11.3 Å². The van der Waals surface area contributed by atoms with E-state index in [2.05, 4.69) is 0 Å². The van der Waals surface area contributed by atoms with E-state index in [-0.39, 0.29) is 5.91 Å². The van der Waals surface area contributed by atoms with Crippen LogP contribution in [-0.2, 0) is 17.6 Å². The molecule has 0 spiro atoms. The lowest BCUT2D eigenvalue weighted by Gasteiger charge is -2.35. The summed E-state index contributed by atoms with van der Waals surface area (Å²) in [5.74, 6) is -0.728. The third kappa shape index (κ3) is 2.39. The van der Waals surface area contributed by atoms with E-state index >= 15 is 0 Å². The van der Waals surface area contributed by atoms with Crippen LogP contribution in [0.1, 0.15) is 36.0 Å². The first-order valence-corrected chi connectivity index (χ1v) is 8.09. The fourth-order valence-electron chi connectivity index (χ4n) is 3.70. The van der Waals surface area contributed by atoms with Gasteiger partial charge in [0.15, 0.2) is 0 Å². The van der Waals surface area contributed by atoms with E-state index in [1.165, 1.54) is 12.1 Å². The Bertz CT molecular complexity index is 814. The van der Waals surface area contributed by atoms with E-state index in [9.17, 15) is 18.0 Å². The van der Waals surface area contributed by atoms with Crippen molar-refractivity contribution in [2.75, 3.05) is 11.4 Å². The zero-order valence-corrected chi connectivity index (χ0v) is 13.0. The second kappa shape index (κ2) is 5.65. The smallest absolute Gasteiger partial charge is 0.266 e. The van der Waals surface area contributed by atoms with Crippen molar-refractivity contribution in [2.24, 2.45) is 0 Å². The highest BCUT2D eigenvalue weighted by Gasteiger charge is 2.29. The van der Waals surface area contributed by atoms with E-state index in [0.29, 0.717) is 18.4 Å². The maximum absolute atomic E-state index is 13.9. The van der Waals surface area contributed by atoms with Crippen molar-refractivity contribution in [3.8, 4) is 11.1 Å². The molecule has 0 N–H and O–H groups in total. The average molecular weight is 331 g/mol. The lowest BCUT2D eigenvalue weighted by molar-refractivity contribution is -0.119. The van der Waals surface area contributed by atoms with Crippen molar-refractivity contribution >= 4 is 11.6 Å². The van der Waals surface area contributed by atoms with Crippen LogP contribution in [0.5, 0.6) is 0 Å². The predicted molar refractivity (Wildman–Crippen MR) is 85.8 cm³/mol. The molecule has 0 saturated heterocycles. The van der Waals surface area contributed by atoms with Gasteiger partial charge in [-0.3, -0.25) is 4.79 Å². The first kappa shape index (κ1) is 15.2. The lowest BCUT2D eigenvalue weighted by Crippen LogP contribution is -2.39. The zero-order valence-electron chi connectivity index (χ0n) is 13.0. The maximum atomic E-state index is 13.9. The Kier molecular flexibility index (Phi) is 3.59. The fraction of sp³-hybridized carbons (Fsp3) is 0.316. The number of amides is 1. The van der Waals surface area contributed by atoms with E-state index < -0.39 is 17.8 Å².